The van der Waals surface area contributed by atoms with Crippen LogP contribution in [-0.2, 0) is 14.3 Å². The fraction of sp³-hybridized carbons (Fsp3) is 0.545. The molecule has 0 aromatic carbocycles. The number of urea groups is 1. The number of hydrogen-bond donors (Lipinski definition) is 2. The molecule has 2 N–H and O–H groups in total. The first-order valence-electron chi connectivity index (χ1n) is 5.47. The van der Waals surface area contributed by atoms with E-state index in [2.05, 4.69) is 17.2 Å². The molecule has 0 atom stereocenters. The van der Waals surface area contributed by atoms with E-state index < -0.39 is 18.0 Å². The average molecular weight is 280 g/mol. The Morgan fingerprint density at radius 1 is 1.21 bits per heavy atom. The predicted molar refractivity (Wildman–Crippen MR) is 61.4 cm³/mol. The Bertz CT molecular complexity index is 333. The molecule has 7 nitrogen and oxygen atoms in total. The molecule has 0 saturated heterocycles. The summed E-state index contributed by atoms with van der Waals surface area (Å²) in [6.07, 6.45) is 0.205. The summed E-state index contributed by atoms with van der Waals surface area (Å²) < 4.78 is 4.74. The van der Waals surface area contributed by atoms with Crippen molar-refractivity contribution in [2.24, 2.45) is 0 Å². The van der Waals surface area contributed by atoms with Crippen LogP contribution in [0.25, 0.3) is 0 Å². The minimum Gasteiger partial charge on any atom is -0.550 e. The second-order valence-electron chi connectivity index (χ2n) is 3.57. The van der Waals surface area contributed by atoms with Gasteiger partial charge in [0.25, 0.3) is 0 Å². The van der Waals surface area contributed by atoms with Crippen molar-refractivity contribution in [3.05, 3.63) is 12.2 Å². The Kier molecular flexibility index (Phi) is 12.8. The first kappa shape index (κ1) is 20.3. The average Bonchev–Trinajstić information content (AvgIpc) is 2.29. The fourth-order valence-corrected chi connectivity index (χ4v) is 0.929. The van der Waals surface area contributed by atoms with Crippen molar-refractivity contribution < 1.29 is 53.8 Å². The van der Waals surface area contributed by atoms with Crippen molar-refractivity contribution in [3.8, 4) is 0 Å². The molecule has 0 aliphatic heterocycles. The van der Waals surface area contributed by atoms with Gasteiger partial charge in [0.1, 0.15) is 6.61 Å². The summed E-state index contributed by atoms with van der Waals surface area (Å²) in [5, 5.41) is 15.0. The molecule has 8 heteroatoms. The van der Waals surface area contributed by atoms with E-state index in [1.807, 2.05) is 0 Å². The number of amides is 2. The first-order valence-corrected chi connectivity index (χ1v) is 5.47. The Morgan fingerprint density at radius 3 is 2.32 bits per heavy atom. The molecule has 0 aromatic rings. The normalized spacial score (nSPS) is 8.89. The Labute approximate surface area is 134 Å². The van der Waals surface area contributed by atoms with Gasteiger partial charge in [0, 0.05) is 18.1 Å². The summed E-state index contributed by atoms with van der Waals surface area (Å²) in [5.74, 6) is -1.66. The molecule has 0 unspecified atom stereocenters. The van der Waals surface area contributed by atoms with Crippen LogP contribution in [0.3, 0.4) is 0 Å². The van der Waals surface area contributed by atoms with Gasteiger partial charge in [-0.05, 0) is 19.8 Å². The summed E-state index contributed by atoms with van der Waals surface area (Å²) in [4.78, 5) is 32.2. The molecule has 19 heavy (non-hydrogen) atoms. The molecule has 0 rings (SSSR count). The summed E-state index contributed by atoms with van der Waals surface area (Å²) >= 11 is 0. The van der Waals surface area contributed by atoms with Crippen LogP contribution in [0.4, 0.5) is 4.79 Å². The number of carbonyl (C=O) groups is 3. The summed E-state index contributed by atoms with van der Waals surface area (Å²) in [6, 6.07) is -0.445. The first-order chi connectivity index (χ1) is 8.43. The van der Waals surface area contributed by atoms with E-state index in [1.54, 1.807) is 0 Å². The number of carboxylic acid groups (broad SMARTS) is 1. The second-order valence-corrected chi connectivity index (χ2v) is 3.57. The number of ether oxygens (including phenoxy) is 1. The SMILES string of the molecule is C=C(C)C(=O)OCCNC(=O)NCCCC(=O)[O-].[Na+]. The molecule has 0 bridgehead atoms. The van der Waals surface area contributed by atoms with Gasteiger partial charge in [0.05, 0.1) is 6.54 Å². The van der Waals surface area contributed by atoms with E-state index in [-0.39, 0.29) is 55.7 Å². The van der Waals surface area contributed by atoms with E-state index in [0.29, 0.717) is 12.0 Å². The molecule has 2 amide bonds. The second kappa shape index (κ2) is 12.0. The van der Waals surface area contributed by atoms with E-state index in [4.69, 9.17) is 4.74 Å². The van der Waals surface area contributed by atoms with Gasteiger partial charge < -0.3 is 25.3 Å². The van der Waals surface area contributed by atoms with Crippen molar-refractivity contribution in [2.75, 3.05) is 19.7 Å². The van der Waals surface area contributed by atoms with Gasteiger partial charge in [-0.3, -0.25) is 0 Å². The third kappa shape index (κ3) is 13.2. The van der Waals surface area contributed by atoms with E-state index in [1.165, 1.54) is 6.92 Å². The van der Waals surface area contributed by atoms with Gasteiger partial charge >= 0.3 is 41.6 Å². The van der Waals surface area contributed by atoms with Crippen LogP contribution in [0.1, 0.15) is 19.8 Å². The topological polar surface area (TPSA) is 108 Å². The molecule has 0 aromatic heterocycles. The van der Waals surface area contributed by atoms with Crippen molar-refractivity contribution >= 4 is 18.0 Å². The number of nitrogens with one attached hydrogen (secondary N) is 2. The maximum atomic E-state index is 11.1. The molecule has 0 fully saturated rings. The molecule has 0 heterocycles. The van der Waals surface area contributed by atoms with Gasteiger partial charge in [0.15, 0.2) is 0 Å². The molecule has 0 spiro atoms. The van der Waals surface area contributed by atoms with Crippen molar-refractivity contribution in [3.63, 3.8) is 0 Å². The van der Waals surface area contributed by atoms with Crippen molar-refractivity contribution in [1.82, 2.24) is 10.6 Å². The van der Waals surface area contributed by atoms with Gasteiger partial charge in [-0.15, -0.1) is 0 Å². The molecule has 0 radical (unpaired) electrons. The number of aliphatic carboxylic acids is 1. The summed E-state index contributed by atoms with van der Waals surface area (Å²) in [5.41, 5.74) is 0.293. The Hall–Kier alpha value is -1.05. The van der Waals surface area contributed by atoms with Crippen LogP contribution in [0.2, 0.25) is 0 Å². The predicted octanol–water partition coefficient (Wildman–Crippen LogP) is -4.06. The van der Waals surface area contributed by atoms with Gasteiger partial charge in [-0.2, -0.15) is 0 Å². The monoisotopic (exact) mass is 280 g/mol. The molecule has 102 valence electrons. The van der Waals surface area contributed by atoms with Crippen LogP contribution >= 0.6 is 0 Å². The fourth-order valence-electron chi connectivity index (χ4n) is 0.929. The van der Waals surface area contributed by atoms with Gasteiger partial charge in [0.2, 0.25) is 0 Å². The maximum Gasteiger partial charge on any atom is 1.00 e. The maximum absolute atomic E-state index is 11.1. The largest absolute Gasteiger partial charge is 1.00 e. The third-order valence-electron chi connectivity index (χ3n) is 1.81. The number of carbonyl (C=O) groups excluding carboxylic acids is 3. The Balaban J connectivity index is 0. The smallest absolute Gasteiger partial charge is 0.550 e. The Morgan fingerprint density at radius 2 is 1.79 bits per heavy atom. The molecule has 0 aliphatic carbocycles. The van der Waals surface area contributed by atoms with Crippen LogP contribution in [0.5, 0.6) is 0 Å². The number of hydrogen-bond acceptors (Lipinski definition) is 5. The molecular formula is C11H17N2NaO5. The van der Waals surface area contributed by atoms with Gasteiger partial charge in [-0.1, -0.05) is 6.58 Å². The van der Waals surface area contributed by atoms with E-state index >= 15 is 0 Å². The van der Waals surface area contributed by atoms with Crippen molar-refractivity contribution in [1.29, 1.82) is 0 Å². The van der Waals surface area contributed by atoms with E-state index in [9.17, 15) is 19.5 Å². The van der Waals surface area contributed by atoms with Crippen LogP contribution in [0.15, 0.2) is 12.2 Å². The van der Waals surface area contributed by atoms with Crippen molar-refractivity contribution in [2.45, 2.75) is 19.8 Å². The quantitative estimate of drug-likeness (QED) is 0.204. The summed E-state index contributed by atoms with van der Waals surface area (Å²) in [6.45, 7) is 5.40. The van der Waals surface area contributed by atoms with Crippen LogP contribution in [-0.4, -0.2) is 37.7 Å². The third-order valence-corrected chi connectivity index (χ3v) is 1.81. The molecule has 0 saturated carbocycles. The number of rotatable bonds is 8. The zero-order valence-corrected chi connectivity index (χ0v) is 13.3. The minimum atomic E-state index is -1.15. The minimum absolute atomic E-state index is 0. The number of carboxylic acids is 1. The zero-order valence-electron chi connectivity index (χ0n) is 11.3. The zero-order chi connectivity index (χ0) is 14.0. The number of esters is 1. The van der Waals surface area contributed by atoms with Gasteiger partial charge in [-0.25, -0.2) is 9.59 Å². The molecule has 0 aliphatic rings. The standard InChI is InChI=1S/C11H18N2O5.Na/c1-8(2)10(16)18-7-6-13-11(17)12-5-3-4-9(14)15;/h1,3-7H2,2H3,(H,14,15)(H2,12,13,17);/q;+1/p-1. The van der Waals surface area contributed by atoms with Crippen LogP contribution < -0.4 is 45.3 Å². The van der Waals surface area contributed by atoms with E-state index in [0.717, 1.165) is 0 Å². The summed E-state index contributed by atoms with van der Waals surface area (Å²) in [7, 11) is 0. The molecular weight excluding hydrogens is 263 g/mol. The van der Waals surface area contributed by atoms with Crippen LogP contribution in [0, 0.1) is 0 Å².